The lowest BCUT2D eigenvalue weighted by Gasteiger charge is -2.18. The molecule has 0 rings (SSSR count). The maximum absolute atomic E-state index is 12.9. The quantitative estimate of drug-likeness (QED) is 0.0261. The monoisotopic (exact) mass is 1050 g/mol. The zero-order valence-electron chi connectivity index (χ0n) is 48.1. The Bertz CT molecular complexity index is 1980. The summed E-state index contributed by atoms with van der Waals surface area (Å²) in [4.78, 5) is 38.1. The highest BCUT2D eigenvalue weighted by Crippen LogP contribution is 2.08. The van der Waals surface area contributed by atoms with Crippen LogP contribution in [-0.4, -0.2) is 37.2 Å². The van der Waals surface area contributed by atoms with E-state index in [0.29, 0.717) is 19.3 Å². The van der Waals surface area contributed by atoms with Crippen LogP contribution in [0.5, 0.6) is 0 Å². The van der Waals surface area contributed by atoms with E-state index in [9.17, 15) is 14.4 Å². The maximum Gasteiger partial charge on any atom is 0.306 e. The van der Waals surface area contributed by atoms with Crippen molar-refractivity contribution >= 4 is 17.9 Å². The molecule has 0 aliphatic heterocycles. The Balaban J connectivity index is 4.68. The molecule has 0 aliphatic rings. The first kappa shape index (κ1) is 70.7. The van der Waals surface area contributed by atoms with E-state index in [0.717, 1.165) is 128 Å². The molecule has 0 spiro atoms. The van der Waals surface area contributed by atoms with Gasteiger partial charge in [-0.25, -0.2) is 0 Å². The molecule has 77 heavy (non-hydrogen) atoms. The first-order valence-electron chi connectivity index (χ1n) is 29.2. The number of ether oxygens (including phenoxy) is 3. The second-order valence-corrected chi connectivity index (χ2v) is 18.0. The largest absolute Gasteiger partial charge is 0.462 e. The van der Waals surface area contributed by atoms with Crippen LogP contribution in [0.3, 0.4) is 0 Å². The predicted octanol–water partition coefficient (Wildman–Crippen LogP) is 20.2. The maximum atomic E-state index is 12.9. The van der Waals surface area contributed by atoms with Crippen molar-refractivity contribution < 1.29 is 28.6 Å². The summed E-state index contributed by atoms with van der Waals surface area (Å²) in [6, 6.07) is 0. The third kappa shape index (κ3) is 60.5. The Hall–Kier alpha value is -6.27. The molecular formula is C71H102O6. The fraction of sp³-hybridized carbons (Fsp3) is 0.451. The summed E-state index contributed by atoms with van der Waals surface area (Å²) in [5.74, 6) is -1.18. The van der Waals surface area contributed by atoms with E-state index in [-0.39, 0.29) is 38.4 Å². The van der Waals surface area contributed by atoms with E-state index in [1.807, 2.05) is 12.2 Å². The van der Waals surface area contributed by atoms with E-state index in [1.165, 1.54) is 0 Å². The Morgan fingerprint density at radius 1 is 0.260 bits per heavy atom. The second kappa shape index (κ2) is 62.3. The normalized spacial score (nSPS) is 13.8. The summed E-state index contributed by atoms with van der Waals surface area (Å²) < 4.78 is 16.7. The smallest absolute Gasteiger partial charge is 0.306 e. The lowest BCUT2D eigenvalue weighted by atomic mass is 10.2. The summed E-state index contributed by atoms with van der Waals surface area (Å²) in [5.41, 5.74) is 0. The van der Waals surface area contributed by atoms with Crippen molar-refractivity contribution in [3.8, 4) is 0 Å². The minimum absolute atomic E-state index is 0.168. The molecule has 422 valence electrons. The number of esters is 3. The van der Waals surface area contributed by atoms with Gasteiger partial charge in [0.05, 0.1) is 0 Å². The Morgan fingerprint density at radius 2 is 0.468 bits per heavy atom. The Morgan fingerprint density at radius 3 is 0.727 bits per heavy atom. The van der Waals surface area contributed by atoms with Crippen LogP contribution in [0.1, 0.15) is 188 Å². The van der Waals surface area contributed by atoms with Crippen molar-refractivity contribution in [1.82, 2.24) is 0 Å². The molecule has 0 amide bonds. The van der Waals surface area contributed by atoms with Crippen molar-refractivity contribution in [3.05, 3.63) is 219 Å². The van der Waals surface area contributed by atoms with Gasteiger partial charge >= 0.3 is 17.9 Å². The molecule has 0 heterocycles. The second-order valence-electron chi connectivity index (χ2n) is 18.0. The number of unbranched alkanes of at least 4 members (excludes halogenated alkanes) is 2. The Labute approximate surface area is 470 Å². The van der Waals surface area contributed by atoms with Gasteiger partial charge in [0.1, 0.15) is 13.2 Å². The van der Waals surface area contributed by atoms with Gasteiger partial charge in [-0.15, -0.1) is 0 Å². The van der Waals surface area contributed by atoms with Crippen LogP contribution in [0.15, 0.2) is 219 Å². The molecule has 6 nitrogen and oxygen atoms in total. The summed E-state index contributed by atoms with van der Waals surface area (Å²) in [5, 5.41) is 0. The standard InChI is InChI=1S/C71H102O6/c1-4-7-10-13-16-19-22-25-27-29-31-33-35-37-39-41-43-46-49-52-55-58-61-64-70(73)76-67-68(66-75-69(72)63-60-57-54-51-48-45-24-21-18-15-12-9-6-3)77-71(74)65-62-59-56-53-50-47-44-42-40-38-36-34-32-30-28-26-23-20-17-14-11-8-5-2/h7-12,16-21,25-28,31-34,37-40,43-48,52-57,68H,4-6,13-15,22-24,29-30,35-36,41-42,49-51,58-67H2,1-3H3/b10-7-,11-8-,12-9-,19-16-,20-17-,21-18-,27-25-,28-26-,33-31-,34-32-,39-37-,40-38-,46-43-,47-44-,48-45-,55-52-,56-53-,57-54-. The van der Waals surface area contributed by atoms with E-state index >= 15 is 0 Å². The number of rotatable bonds is 49. The molecule has 0 aliphatic carbocycles. The fourth-order valence-corrected chi connectivity index (χ4v) is 6.73. The fourth-order valence-electron chi connectivity index (χ4n) is 6.73. The molecule has 0 aromatic rings. The van der Waals surface area contributed by atoms with Gasteiger partial charge in [0.15, 0.2) is 6.10 Å². The molecule has 0 N–H and O–H groups in total. The van der Waals surface area contributed by atoms with Gasteiger partial charge in [-0.2, -0.15) is 0 Å². The highest BCUT2D eigenvalue weighted by Gasteiger charge is 2.19. The van der Waals surface area contributed by atoms with E-state index in [4.69, 9.17) is 14.2 Å². The lowest BCUT2D eigenvalue weighted by Crippen LogP contribution is -2.30. The molecule has 0 aromatic carbocycles. The molecule has 0 saturated heterocycles. The van der Waals surface area contributed by atoms with E-state index in [2.05, 4.69) is 227 Å². The number of hydrogen-bond acceptors (Lipinski definition) is 6. The average Bonchev–Trinajstić information content (AvgIpc) is 3.43. The zero-order chi connectivity index (χ0) is 55.7. The minimum Gasteiger partial charge on any atom is -0.462 e. The summed E-state index contributed by atoms with van der Waals surface area (Å²) in [7, 11) is 0. The molecule has 0 radical (unpaired) electrons. The molecule has 0 bridgehead atoms. The van der Waals surface area contributed by atoms with Crippen LogP contribution in [-0.2, 0) is 28.6 Å². The molecular weight excluding hydrogens is 949 g/mol. The highest BCUT2D eigenvalue weighted by atomic mass is 16.6. The third-order valence-corrected chi connectivity index (χ3v) is 11.0. The van der Waals surface area contributed by atoms with Gasteiger partial charge < -0.3 is 14.2 Å². The molecule has 1 unspecified atom stereocenters. The van der Waals surface area contributed by atoms with Gasteiger partial charge in [-0.05, 0) is 148 Å². The summed E-state index contributed by atoms with van der Waals surface area (Å²) in [6.45, 7) is 6.10. The van der Waals surface area contributed by atoms with E-state index in [1.54, 1.807) is 0 Å². The Kier molecular flexibility index (Phi) is 57.2. The first-order valence-corrected chi connectivity index (χ1v) is 29.2. The topological polar surface area (TPSA) is 78.9 Å². The van der Waals surface area contributed by atoms with Crippen molar-refractivity contribution in [2.45, 2.75) is 194 Å². The number of allylic oxidation sites excluding steroid dienone is 36. The number of carbonyl (C=O) groups is 3. The molecule has 0 aromatic heterocycles. The van der Waals surface area contributed by atoms with Crippen LogP contribution in [0.2, 0.25) is 0 Å². The van der Waals surface area contributed by atoms with Crippen LogP contribution < -0.4 is 0 Å². The number of hydrogen-bond donors (Lipinski definition) is 0. The van der Waals surface area contributed by atoms with Gasteiger partial charge in [0, 0.05) is 19.3 Å². The molecule has 0 saturated carbocycles. The van der Waals surface area contributed by atoms with Crippen molar-refractivity contribution in [2.75, 3.05) is 13.2 Å². The van der Waals surface area contributed by atoms with Gasteiger partial charge in [-0.1, -0.05) is 240 Å². The van der Waals surface area contributed by atoms with Crippen molar-refractivity contribution in [2.24, 2.45) is 0 Å². The SMILES string of the molecule is CC/C=C\C/C=C\C/C=C\C/C=C\C/C=C\C/C=C\C/C=C\CCCC(=O)OCC(COC(=O)CC/C=C\C/C=C\C/C=C\C/C=C\CC)OC(=O)CCC/C=C\C/C=C\C/C=C\C/C=C\C/C=C\C/C=C\C/C=C\CC. The molecule has 6 heteroatoms. The van der Waals surface area contributed by atoms with Crippen LogP contribution in [0.4, 0.5) is 0 Å². The molecule has 0 fully saturated rings. The van der Waals surface area contributed by atoms with E-state index < -0.39 is 18.0 Å². The number of carbonyl (C=O) groups excluding carboxylic acids is 3. The third-order valence-electron chi connectivity index (χ3n) is 11.0. The van der Waals surface area contributed by atoms with Gasteiger partial charge in [0.25, 0.3) is 0 Å². The van der Waals surface area contributed by atoms with Crippen molar-refractivity contribution in [3.63, 3.8) is 0 Å². The lowest BCUT2D eigenvalue weighted by molar-refractivity contribution is -0.166. The van der Waals surface area contributed by atoms with Gasteiger partial charge in [-0.3, -0.25) is 14.4 Å². The summed E-state index contributed by atoms with van der Waals surface area (Å²) in [6.07, 6.45) is 98.1. The summed E-state index contributed by atoms with van der Waals surface area (Å²) >= 11 is 0. The molecule has 1 atom stereocenters. The predicted molar refractivity (Wildman–Crippen MR) is 333 cm³/mol. The minimum atomic E-state index is -0.877. The van der Waals surface area contributed by atoms with Crippen LogP contribution in [0.25, 0.3) is 0 Å². The first-order chi connectivity index (χ1) is 38.0. The average molecular weight is 1050 g/mol. The van der Waals surface area contributed by atoms with Crippen LogP contribution in [0, 0.1) is 0 Å². The van der Waals surface area contributed by atoms with Gasteiger partial charge in [0.2, 0.25) is 0 Å². The van der Waals surface area contributed by atoms with Crippen LogP contribution >= 0.6 is 0 Å². The van der Waals surface area contributed by atoms with Crippen molar-refractivity contribution in [1.29, 1.82) is 0 Å². The highest BCUT2D eigenvalue weighted by molar-refractivity contribution is 5.71. The zero-order valence-corrected chi connectivity index (χ0v) is 48.1.